The van der Waals surface area contributed by atoms with Crippen LogP contribution in [-0.2, 0) is 0 Å². The standard InChI is InChI=1S/C13H9NS/c1-2-4-11-7-12(6-5-10(11)3-1)13-8-14-15-9-13/h1-9H. The predicted octanol–water partition coefficient (Wildman–Crippen LogP) is 3.96. The third kappa shape index (κ3) is 1.53. The lowest BCUT2D eigenvalue weighted by atomic mass is 10.0. The van der Waals surface area contributed by atoms with Crippen LogP contribution in [0.2, 0.25) is 0 Å². The highest BCUT2D eigenvalue weighted by atomic mass is 32.1. The lowest BCUT2D eigenvalue weighted by molar-refractivity contribution is 1.57. The van der Waals surface area contributed by atoms with Crippen LogP contribution in [0, 0.1) is 0 Å². The first kappa shape index (κ1) is 8.62. The molecule has 0 aliphatic carbocycles. The van der Waals surface area contributed by atoms with E-state index in [2.05, 4.69) is 52.2 Å². The zero-order valence-corrected chi connectivity index (χ0v) is 8.87. The van der Waals surface area contributed by atoms with E-state index >= 15 is 0 Å². The van der Waals surface area contributed by atoms with Crippen LogP contribution in [0.4, 0.5) is 0 Å². The molecule has 15 heavy (non-hydrogen) atoms. The number of benzene rings is 2. The van der Waals surface area contributed by atoms with Crippen LogP contribution in [-0.4, -0.2) is 4.37 Å². The van der Waals surface area contributed by atoms with Gasteiger partial charge >= 0.3 is 0 Å². The molecule has 0 spiro atoms. The van der Waals surface area contributed by atoms with Crippen LogP contribution in [0.15, 0.2) is 54.0 Å². The van der Waals surface area contributed by atoms with Gasteiger partial charge in [0.1, 0.15) is 0 Å². The number of hydrogen-bond donors (Lipinski definition) is 0. The van der Waals surface area contributed by atoms with Gasteiger partial charge in [-0.15, -0.1) is 0 Å². The van der Waals surface area contributed by atoms with E-state index in [0.29, 0.717) is 0 Å². The van der Waals surface area contributed by atoms with Crippen molar-refractivity contribution in [2.45, 2.75) is 0 Å². The van der Waals surface area contributed by atoms with Gasteiger partial charge in [-0.1, -0.05) is 36.4 Å². The molecule has 72 valence electrons. The Morgan fingerprint density at radius 3 is 2.53 bits per heavy atom. The maximum atomic E-state index is 4.12. The van der Waals surface area contributed by atoms with E-state index in [1.165, 1.54) is 33.4 Å². The van der Waals surface area contributed by atoms with Crippen LogP contribution in [0.5, 0.6) is 0 Å². The van der Waals surface area contributed by atoms with Gasteiger partial charge in [0.05, 0.1) is 0 Å². The first-order chi connectivity index (χ1) is 7.43. The average molecular weight is 211 g/mol. The number of aromatic nitrogens is 1. The zero-order valence-electron chi connectivity index (χ0n) is 8.05. The minimum atomic E-state index is 1.20. The molecule has 0 fully saturated rings. The van der Waals surface area contributed by atoms with Crippen molar-refractivity contribution in [3.05, 3.63) is 54.0 Å². The van der Waals surface area contributed by atoms with Gasteiger partial charge in [0.25, 0.3) is 0 Å². The molecule has 1 heterocycles. The molecule has 0 aliphatic heterocycles. The fourth-order valence-electron chi connectivity index (χ4n) is 1.72. The van der Waals surface area contributed by atoms with Crippen molar-refractivity contribution in [3.8, 4) is 11.1 Å². The van der Waals surface area contributed by atoms with Gasteiger partial charge in [-0.2, -0.15) is 0 Å². The van der Waals surface area contributed by atoms with E-state index in [-0.39, 0.29) is 0 Å². The van der Waals surface area contributed by atoms with Gasteiger partial charge in [-0.05, 0) is 33.9 Å². The molecular weight excluding hydrogens is 202 g/mol. The van der Waals surface area contributed by atoms with E-state index in [1.54, 1.807) is 0 Å². The largest absolute Gasteiger partial charge is 0.201 e. The van der Waals surface area contributed by atoms with Crippen molar-refractivity contribution in [3.63, 3.8) is 0 Å². The van der Waals surface area contributed by atoms with Crippen molar-refractivity contribution < 1.29 is 0 Å². The van der Waals surface area contributed by atoms with Gasteiger partial charge in [0, 0.05) is 17.1 Å². The molecule has 0 saturated carbocycles. The maximum Gasteiger partial charge on any atom is 0.0485 e. The molecule has 0 aliphatic rings. The summed E-state index contributed by atoms with van der Waals surface area (Å²) < 4.78 is 4.12. The van der Waals surface area contributed by atoms with Crippen molar-refractivity contribution >= 4 is 22.3 Å². The molecule has 0 atom stereocenters. The quantitative estimate of drug-likeness (QED) is 0.593. The molecule has 0 saturated heterocycles. The van der Waals surface area contributed by atoms with Crippen LogP contribution in [0.25, 0.3) is 21.9 Å². The molecule has 0 unspecified atom stereocenters. The maximum absolute atomic E-state index is 4.12. The van der Waals surface area contributed by atoms with Crippen molar-refractivity contribution in [2.75, 3.05) is 0 Å². The summed E-state index contributed by atoms with van der Waals surface area (Å²) in [5.74, 6) is 0. The predicted molar refractivity (Wildman–Crippen MR) is 65.1 cm³/mol. The van der Waals surface area contributed by atoms with Gasteiger partial charge in [-0.25, -0.2) is 4.37 Å². The molecule has 1 nitrogen and oxygen atoms in total. The summed E-state index contributed by atoms with van der Waals surface area (Å²) in [6.07, 6.45) is 1.91. The highest BCUT2D eigenvalue weighted by molar-refractivity contribution is 7.03. The number of nitrogens with zero attached hydrogens (tertiary/aromatic N) is 1. The summed E-state index contributed by atoms with van der Waals surface area (Å²) in [5.41, 5.74) is 2.44. The van der Waals surface area contributed by atoms with Gasteiger partial charge in [0.2, 0.25) is 0 Å². The Hall–Kier alpha value is -1.67. The molecule has 2 heteroatoms. The van der Waals surface area contributed by atoms with Crippen LogP contribution in [0.3, 0.4) is 0 Å². The lowest BCUT2D eigenvalue weighted by Crippen LogP contribution is -1.75. The van der Waals surface area contributed by atoms with Gasteiger partial charge in [0.15, 0.2) is 0 Å². The highest BCUT2D eigenvalue weighted by Crippen LogP contribution is 2.24. The fraction of sp³-hybridized carbons (Fsp3) is 0. The third-order valence-electron chi connectivity index (χ3n) is 2.52. The summed E-state index contributed by atoms with van der Waals surface area (Å²) >= 11 is 1.49. The summed E-state index contributed by atoms with van der Waals surface area (Å²) in [6, 6.07) is 14.9. The van der Waals surface area contributed by atoms with E-state index < -0.39 is 0 Å². The van der Waals surface area contributed by atoms with E-state index in [0.717, 1.165) is 0 Å². The van der Waals surface area contributed by atoms with Crippen molar-refractivity contribution in [1.82, 2.24) is 4.37 Å². The fourth-order valence-corrected chi connectivity index (χ4v) is 2.26. The van der Waals surface area contributed by atoms with Gasteiger partial charge < -0.3 is 0 Å². The average Bonchev–Trinajstić information content (AvgIpc) is 2.82. The Bertz CT molecular complexity index is 584. The van der Waals surface area contributed by atoms with Crippen molar-refractivity contribution in [2.24, 2.45) is 0 Å². The Kier molecular flexibility index (Phi) is 2.00. The minimum Gasteiger partial charge on any atom is -0.201 e. The molecule has 2 aromatic carbocycles. The second-order valence-corrected chi connectivity index (χ2v) is 4.13. The Morgan fingerprint density at radius 1 is 0.867 bits per heavy atom. The topological polar surface area (TPSA) is 12.9 Å². The lowest BCUT2D eigenvalue weighted by Gasteiger charge is -2.00. The summed E-state index contributed by atoms with van der Waals surface area (Å²) in [6.45, 7) is 0. The molecule has 0 bridgehead atoms. The third-order valence-corrected chi connectivity index (χ3v) is 3.10. The zero-order chi connectivity index (χ0) is 10.1. The highest BCUT2D eigenvalue weighted by Gasteiger charge is 1.99. The van der Waals surface area contributed by atoms with Crippen LogP contribution in [0.1, 0.15) is 0 Å². The van der Waals surface area contributed by atoms with Crippen LogP contribution < -0.4 is 0 Å². The number of rotatable bonds is 1. The molecule has 1 aromatic heterocycles. The molecule has 3 aromatic rings. The Labute approximate surface area is 92.2 Å². The Balaban J connectivity index is 2.22. The first-order valence-corrected chi connectivity index (χ1v) is 5.66. The second kappa shape index (κ2) is 3.48. The van der Waals surface area contributed by atoms with Gasteiger partial charge in [-0.3, -0.25) is 0 Å². The minimum absolute atomic E-state index is 1.20. The molecule has 0 radical (unpaired) electrons. The SMILES string of the molecule is c1ccc2cc(-c3cnsc3)ccc2c1. The monoisotopic (exact) mass is 211 g/mol. The number of fused-ring (bicyclic) bond motifs is 1. The normalized spacial score (nSPS) is 10.7. The van der Waals surface area contributed by atoms with E-state index in [9.17, 15) is 0 Å². The van der Waals surface area contributed by atoms with Crippen LogP contribution >= 0.6 is 11.5 Å². The Morgan fingerprint density at radius 2 is 1.73 bits per heavy atom. The second-order valence-electron chi connectivity index (χ2n) is 3.48. The summed E-state index contributed by atoms with van der Waals surface area (Å²) in [5, 5.41) is 4.63. The molecular formula is C13H9NS. The first-order valence-electron chi connectivity index (χ1n) is 4.82. The summed E-state index contributed by atoms with van der Waals surface area (Å²) in [4.78, 5) is 0. The molecule has 0 N–H and O–H groups in total. The molecule has 0 amide bonds. The molecule has 3 rings (SSSR count). The van der Waals surface area contributed by atoms with E-state index in [4.69, 9.17) is 0 Å². The summed E-state index contributed by atoms with van der Waals surface area (Å²) in [7, 11) is 0. The smallest absolute Gasteiger partial charge is 0.0485 e. The van der Waals surface area contributed by atoms with E-state index in [1.807, 2.05) is 6.20 Å². The van der Waals surface area contributed by atoms with Crippen molar-refractivity contribution in [1.29, 1.82) is 0 Å². The number of hydrogen-bond acceptors (Lipinski definition) is 2.